The minimum atomic E-state index is -1.13. The Bertz CT molecular complexity index is 444. The molecule has 1 aromatic rings. The van der Waals surface area contributed by atoms with Crippen molar-refractivity contribution < 1.29 is 19.8 Å². The molecule has 0 saturated heterocycles. The molecule has 0 bridgehead atoms. The quantitative estimate of drug-likeness (QED) is 0.511. The molecule has 6 heteroatoms. The molecule has 0 saturated carbocycles. The van der Waals surface area contributed by atoms with Crippen molar-refractivity contribution in [3.8, 4) is 0 Å². The van der Waals surface area contributed by atoms with Gasteiger partial charge in [-0.25, -0.2) is 0 Å². The number of Topliss-reactive ketones (excluding diaryl/α,β-unsaturated/α-hetero) is 1. The van der Waals surface area contributed by atoms with E-state index >= 15 is 0 Å². The highest BCUT2D eigenvalue weighted by atomic mass is 16.3. The van der Waals surface area contributed by atoms with Crippen molar-refractivity contribution in [2.24, 2.45) is 5.73 Å². The van der Waals surface area contributed by atoms with E-state index in [9.17, 15) is 19.8 Å². The van der Waals surface area contributed by atoms with E-state index in [2.05, 4.69) is 5.32 Å². The summed E-state index contributed by atoms with van der Waals surface area (Å²) in [6.45, 7) is 1.21. The van der Waals surface area contributed by atoms with Crippen LogP contribution in [0.5, 0.6) is 0 Å². The Morgan fingerprint density at radius 1 is 1.26 bits per heavy atom. The standard InChI is InChI=1S/C13H18N2O4/c1-8(16)15-7-12(18)13(19)10-4-2-9(3-5-10)11(17)6-14/h2-5,12-13,18-19H,6-7,14H2,1H3,(H,15,16). The normalized spacial score (nSPS) is 13.7. The summed E-state index contributed by atoms with van der Waals surface area (Å²) in [6, 6.07) is 6.17. The van der Waals surface area contributed by atoms with Crippen LogP contribution in [0.25, 0.3) is 0 Å². The van der Waals surface area contributed by atoms with Gasteiger partial charge in [0.15, 0.2) is 5.78 Å². The smallest absolute Gasteiger partial charge is 0.216 e. The number of carbonyl (C=O) groups is 2. The SMILES string of the molecule is CC(=O)NCC(O)C(O)c1ccc(C(=O)CN)cc1. The Morgan fingerprint density at radius 3 is 2.32 bits per heavy atom. The summed E-state index contributed by atoms with van der Waals surface area (Å²) >= 11 is 0. The number of rotatable bonds is 6. The molecule has 1 rings (SSSR count). The fraction of sp³-hybridized carbons (Fsp3) is 0.385. The van der Waals surface area contributed by atoms with Crippen molar-refractivity contribution in [2.45, 2.75) is 19.1 Å². The molecule has 0 aliphatic rings. The van der Waals surface area contributed by atoms with Gasteiger partial charge in [-0.15, -0.1) is 0 Å². The van der Waals surface area contributed by atoms with Crippen LogP contribution in [0.15, 0.2) is 24.3 Å². The van der Waals surface area contributed by atoms with Gasteiger partial charge in [0.25, 0.3) is 0 Å². The Hall–Kier alpha value is -1.76. The van der Waals surface area contributed by atoms with Crippen LogP contribution in [0.4, 0.5) is 0 Å². The molecule has 19 heavy (non-hydrogen) atoms. The molecule has 5 N–H and O–H groups in total. The first-order chi connectivity index (χ1) is 8.95. The number of hydrogen-bond acceptors (Lipinski definition) is 5. The molecule has 0 spiro atoms. The summed E-state index contributed by atoms with van der Waals surface area (Å²) in [6.07, 6.45) is -2.24. The van der Waals surface area contributed by atoms with Crippen molar-refractivity contribution in [2.75, 3.05) is 13.1 Å². The first-order valence-electron chi connectivity index (χ1n) is 5.89. The minimum Gasteiger partial charge on any atom is -0.388 e. The zero-order chi connectivity index (χ0) is 14.4. The van der Waals surface area contributed by atoms with Crippen molar-refractivity contribution in [3.63, 3.8) is 0 Å². The van der Waals surface area contributed by atoms with Crippen molar-refractivity contribution in [3.05, 3.63) is 35.4 Å². The Morgan fingerprint density at radius 2 is 1.84 bits per heavy atom. The number of nitrogens with one attached hydrogen (secondary N) is 1. The van der Waals surface area contributed by atoms with Gasteiger partial charge in [-0.3, -0.25) is 9.59 Å². The molecule has 0 radical (unpaired) electrons. The molecule has 6 nitrogen and oxygen atoms in total. The molecule has 0 aromatic heterocycles. The third kappa shape index (κ3) is 4.44. The van der Waals surface area contributed by atoms with E-state index in [0.717, 1.165) is 0 Å². The highest BCUT2D eigenvalue weighted by molar-refractivity contribution is 5.97. The fourth-order valence-corrected chi connectivity index (χ4v) is 1.57. The van der Waals surface area contributed by atoms with Crippen LogP contribution in [0.1, 0.15) is 28.9 Å². The number of hydrogen-bond donors (Lipinski definition) is 4. The molecule has 1 amide bonds. The summed E-state index contributed by atoms with van der Waals surface area (Å²) in [5.41, 5.74) is 6.16. The highest BCUT2D eigenvalue weighted by Crippen LogP contribution is 2.17. The van der Waals surface area contributed by atoms with Crippen LogP contribution < -0.4 is 11.1 Å². The molecule has 104 valence electrons. The number of amides is 1. The molecule has 0 heterocycles. The maximum atomic E-state index is 11.3. The lowest BCUT2D eigenvalue weighted by Crippen LogP contribution is -2.34. The average Bonchev–Trinajstić information content (AvgIpc) is 2.43. The van der Waals surface area contributed by atoms with E-state index in [-0.39, 0.29) is 24.8 Å². The van der Waals surface area contributed by atoms with Crippen LogP contribution >= 0.6 is 0 Å². The second-order valence-corrected chi connectivity index (χ2v) is 4.20. The van der Waals surface area contributed by atoms with Gasteiger partial charge in [0, 0.05) is 19.0 Å². The van der Waals surface area contributed by atoms with E-state index in [1.165, 1.54) is 6.92 Å². The Kier molecular flexibility index (Phi) is 5.62. The third-order valence-electron chi connectivity index (χ3n) is 2.68. The van der Waals surface area contributed by atoms with E-state index in [0.29, 0.717) is 11.1 Å². The predicted octanol–water partition coefficient (Wildman–Crippen LogP) is -0.642. The van der Waals surface area contributed by atoms with E-state index < -0.39 is 12.2 Å². The lowest BCUT2D eigenvalue weighted by molar-refractivity contribution is -0.119. The van der Waals surface area contributed by atoms with E-state index in [1.807, 2.05) is 0 Å². The van der Waals surface area contributed by atoms with Crippen molar-refractivity contribution >= 4 is 11.7 Å². The average molecular weight is 266 g/mol. The Labute approximate surface area is 111 Å². The number of aliphatic hydroxyl groups excluding tert-OH is 2. The molecule has 1 aromatic carbocycles. The third-order valence-corrected chi connectivity index (χ3v) is 2.68. The van der Waals surface area contributed by atoms with Gasteiger partial charge in [-0.2, -0.15) is 0 Å². The first-order valence-corrected chi connectivity index (χ1v) is 5.89. The van der Waals surface area contributed by atoms with E-state index in [4.69, 9.17) is 5.73 Å². The molecule has 0 aliphatic heterocycles. The molecule has 0 aliphatic carbocycles. The molecular weight excluding hydrogens is 248 g/mol. The summed E-state index contributed by atoms with van der Waals surface area (Å²) in [7, 11) is 0. The van der Waals surface area contributed by atoms with Crippen LogP contribution in [0.2, 0.25) is 0 Å². The number of benzene rings is 1. The second kappa shape index (κ2) is 6.98. The maximum Gasteiger partial charge on any atom is 0.216 e. The molecule has 0 fully saturated rings. The number of aliphatic hydroxyl groups is 2. The monoisotopic (exact) mass is 266 g/mol. The molecule has 2 atom stereocenters. The number of ketones is 1. The van der Waals surface area contributed by atoms with Gasteiger partial charge in [-0.1, -0.05) is 24.3 Å². The van der Waals surface area contributed by atoms with Gasteiger partial charge in [0.1, 0.15) is 12.2 Å². The first kappa shape index (κ1) is 15.3. The maximum absolute atomic E-state index is 11.3. The largest absolute Gasteiger partial charge is 0.388 e. The second-order valence-electron chi connectivity index (χ2n) is 4.20. The zero-order valence-corrected chi connectivity index (χ0v) is 10.7. The van der Waals surface area contributed by atoms with Gasteiger partial charge in [0.2, 0.25) is 5.91 Å². The summed E-state index contributed by atoms with van der Waals surface area (Å²) in [4.78, 5) is 22.0. The van der Waals surface area contributed by atoms with Crippen molar-refractivity contribution in [1.29, 1.82) is 0 Å². The van der Waals surface area contributed by atoms with Gasteiger partial charge in [-0.05, 0) is 5.56 Å². The predicted molar refractivity (Wildman–Crippen MR) is 69.5 cm³/mol. The summed E-state index contributed by atoms with van der Waals surface area (Å²) in [5.74, 6) is -0.477. The molecular formula is C13H18N2O4. The number of carbonyl (C=O) groups excluding carboxylic acids is 2. The van der Waals surface area contributed by atoms with Crippen LogP contribution in [-0.4, -0.2) is 41.1 Å². The zero-order valence-electron chi connectivity index (χ0n) is 10.7. The van der Waals surface area contributed by atoms with Gasteiger partial charge < -0.3 is 21.3 Å². The van der Waals surface area contributed by atoms with Crippen LogP contribution in [0.3, 0.4) is 0 Å². The van der Waals surface area contributed by atoms with Crippen LogP contribution in [-0.2, 0) is 4.79 Å². The molecule has 2 unspecified atom stereocenters. The number of nitrogens with two attached hydrogens (primary N) is 1. The van der Waals surface area contributed by atoms with Gasteiger partial charge >= 0.3 is 0 Å². The lowest BCUT2D eigenvalue weighted by Gasteiger charge is -2.18. The van der Waals surface area contributed by atoms with Crippen molar-refractivity contribution in [1.82, 2.24) is 5.32 Å². The van der Waals surface area contributed by atoms with Crippen LogP contribution in [0, 0.1) is 0 Å². The highest BCUT2D eigenvalue weighted by Gasteiger charge is 2.18. The topological polar surface area (TPSA) is 113 Å². The summed E-state index contributed by atoms with van der Waals surface area (Å²) in [5, 5.41) is 22.0. The van der Waals surface area contributed by atoms with E-state index in [1.54, 1.807) is 24.3 Å². The van der Waals surface area contributed by atoms with Gasteiger partial charge in [0.05, 0.1) is 6.54 Å². The minimum absolute atomic E-state index is 0.0417. The lowest BCUT2D eigenvalue weighted by atomic mass is 10.0. The Balaban J connectivity index is 2.69. The summed E-state index contributed by atoms with van der Waals surface area (Å²) < 4.78 is 0. The fourth-order valence-electron chi connectivity index (χ4n) is 1.57.